The highest BCUT2D eigenvalue weighted by Gasteiger charge is 2.20. The molecule has 1 heterocycles. The predicted molar refractivity (Wildman–Crippen MR) is 55.7 cm³/mol. The van der Waals surface area contributed by atoms with Gasteiger partial charge in [0, 0.05) is 24.3 Å². The fourth-order valence-corrected chi connectivity index (χ4v) is 1.52. The van der Waals surface area contributed by atoms with E-state index in [2.05, 4.69) is 5.32 Å². The van der Waals surface area contributed by atoms with Crippen LogP contribution in [-0.2, 0) is 0 Å². The first kappa shape index (κ1) is 9.51. The van der Waals surface area contributed by atoms with Gasteiger partial charge in [0.25, 0.3) is 0 Å². The summed E-state index contributed by atoms with van der Waals surface area (Å²) < 4.78 is 0. The smallest absolute Gasteiger partial charge is 0.321 e. The molecule has 0 bridgehead atoms. The summed E-state index contributed by atoms with van der Waals surface area (Å²) in [7, 11) is 0. The minimum absolute atomic E-state index is 0.109. The monoisotopic (exact) mass is 205 g/mol. The summed E-state index contributed by atoms with van der Waals surface area (Å²) in [5.41, 5.74) is 6.33. The first-order chi connectivity index (χ1) is 7.18. The Balaban J connectivity index is 2.23. The van der Waals surface area contributed by atoms with Crippen molar-refractivity contribution in [2.24, 2.45) is 5.73 Å². The van der Waals surface area contributed by atoms with E-state index in [9.17, 15) is 9.59 Å². The van der Waals surface area contributed by atoms with Crippen molar-refractivity contribution in [2.45, 2.75) is 0 Å². The fourth-order valence-electron chi connectivity index (χ4n) is 1.52. The third-order valence-corrected chi connectivity index (χ3v) is 2.32. The molecule has 78 valence electrons. The number of nitrogens with one attached hydrogen (secondary N) is 1. The van der Waals surface area contributed by atoms with Crippen molar-refractivity contribution in [2.75, 3.05) is 18.0 Å². The molecule has 1 saturated heterocycles. The van der Waals surface area contributed by atoms with Crippen molar-refractivity contribution in [3.05, 3.63) is 29.8 Å². The van der Waals surface area contributed by atoms with E-state index in [0.29, 0.717) is 18.7 Å². The molecule has 5 heteroatoms. The molecule has 5 nitrogen and oxygen atoms in total. The van der Waals surface area contributed by atoms with Crippen LogP contribution in [0.25, 0.3) is 0 Å². The quantitative estimate of drug-likeness (QED) is 0.729. The Morgan fingerprint density at radius 1 is 1.33 bits per heavy atom. The van der Waals surface area contributed by atoms with E-state index in [4.69, 9.17) is 5.73 Å². The maximum absolute atomic E-state index is 11.3. The molecule has 2 rings (SSSR count). The zero-order valence-corrected chi connectivity index (χ0v) is 8.06. The number of carbonyl (C=O) groups is 2. The summed E-state index contributed by atoms with van der Waals surface area (Å²) in [4.78, 5) is 23.8. The number of carbonyl (C=O) groups excluding carboxylic acids is 2. The minimum Gasteiger partial charge on any atom is -0.366 e. The van der Waals surface area contributed by atoms with Crippen LogP contribution in [0.1, 0.15) is 10.4 Å². The Morgan fingerprint density at radius 2 is 2.00 bits per heavy atom. The van der Waals surface area contributed by atoms with Gasteiger partial charge >= 0.3 is 6.03 Å². The van der Waals surface area contributed by atoms with Gasteiger partial charge in [-0.25, -0.2) is 4.79 Å². The SMILES string of the molecule is NC(=O)c1ccc(N2CCNC2=O)cc1. The van der Waals surface area contributed by atoms with Gasteiger partial charge in [0.15, 0.2) is 0 Å². The highest BCUT2D eigenvalue weighted by molar-refractivity contribution is 5.96. The molecule has 0 saturated carbocycles. The third-order valence-electron chi connectivity index (χ3n) is 2.32. The lowest BCUT2D eigenvalue weighted by atomic mass is 10.2. The molecule has 0 spiro atoms. The molecule has 0 aromatic heterocycles. The van der Waals surface area contributed by atoms with E-state index in [1.165, 1.54) is 0 Å². The lowest BCUT2D eigenvalue weighted by Gasteiger charge is -2.13. The molecule has 1 fully saturated rings. The number of hydrogen-bond donors (Lipinski definition) is 2. The lowest BCUT2D eigenvalue weighted by Crippen LogP contribution is -2.27. The first-order valence-electron chi connectivity index (χ1n) is 4.64. The molecule has 0 radical (unpaired) electrons. The van der Waals surface area contributed by atoms with E-state index in [1.807, 2.05) is 0 Å². The van der Waals surface area contributed by atoms with Gasteiger partial charge in [-0.05, 0) is 24.3 Å². The number of hydrogen-bond acceptors (Lipinski definition) is 2. The van der Waals surface area contributed by atoms with Crippen molar-refractivity contribution in [3.8, 4) is 0 Å². The number of anilines is 1. The van der Waals surface area contributed by atoms with Crippen LogP contribution in [0.4, 0.5) is 10.5 Å². The van der Waals surface area contributed by atoms with Gasteiger partial charge in [-0.15, -0.1) is 0 Å². The number of benzene rings is 1. The summed E-state index contributed by atoms with van der Waals surface area (Å²) in [5, 5.41) is 2.70. The molecule has 0 unspecified atom stereocenters. The highest BCUT2D eigenvalue weighted by Crippen LogP contribution is 2.16. The molecule has 1 aliphatic heterocycles. The number of urea groups is 1. The maximum atomic E-state index is 11.3. The van der Waals surface area contributed by atoms with Crippen molar-refractivity contribution < 1.29 is 9.59 Å². The van der Waals surface area contributed by atoms with E-state index in [-0.39, 0.29) is 6.03 Å². The second-order valence-electron chi connectivity index (χ2n) is 3.29. The summed E-state index contributed by atoms with van der Waals surface area (Å²) in [6.07, 6.45) is 0. The van der Waals surface area contributed by atoms with Gasteiger partial charge in [-0.3, -0.25) is 9.69 Å². The van der Waals surface area contributed by atoms with Crippen LogP contribution in [0.2, 0.25) is 0 Å². The Hall–Kier alpha value is -2.04. The molecule has 1 aromatic rings. The van der Waals surface area contributed by atoms with Crippen LogP contribution < -0.4 is 16.0 Å². The second kappa shape index (κ2) is 3.61. The Bertz CT molecular complexity index is 400. The molecule has 1 aromatic carbocycles. The lowest BCUT2D eigenvalue weighted by molar-refractivity contribution is 0.100. The first-order valence-corrected chi connectivity index (χ1v) is 4.64. The number of rotatable bonds is 2. The summed E-state index contributed by atoms with van der Waals surface area (Å²) in [5.74, 6) is -0.465. The van der Waals surface area contributed by atoms with Crippen LogP contribution in [0.15, 0.2) is 24.3 Å². The normalized spacial score (nSPS) is 15.2. The van der Waals surface area contributed by atoms with Crippen LogP contribution in [0.5, 0.6) is 0 Å². The number of primary amides is 1. The largest absolute Gasteiger partial charge is 0.366 e. The number of nitrogens with two attached hydrogens (primary N) is 1. The standard InChI is InChI=1S/C10H11N3O2/c11-9(14)7-1-3-8(4-2-7)13-6-5-12-10(13)15/h1-4H,5-6H2,(H2,11,14)(H,12,15). The minimum atomic E-state index is -0.465. The average molecular weight is 205 g/mol. The highest BCUT2D eigenvalue weighted by atomic mass is 16.2. The predicted octanol–water partition coefficient (Wildman–Crippen LogP) is 0.315. The van der Waals surface area contributed by atoms with E-state index >= 15 is 0 Å². The van der Waals surface area contributed by atoms with Crippen LogP contribution in [0, 0.1) is 0 Å². The van der Waals surface area contributed by atoms with Crippen LogP contribution in [0.3, 0.4) is 0 Å². The van der Waals surface area contributed by atoms with E-state index in [0.717, 1.165) is 5.69 Å². The van der Waals surface area contributed by atoms with Gasteiger partial charge in [0.1, 0.15) is 0 Å². The van der Waals surface area contributed by atoms with Gasteiger partial charge in [-0.1, -0.05) is 0 Å². The van der Waals surface area contributed by atoms with Gasteiger partial charge < -0.3 is 11.1 Å². The molecule has 15 heavy (non-hydrogen) atoms. The second-order valence-corrected chi connectivity index (χ2v) is 3.29. The Morgan fingerprint density at radius 3 is 2.47 bits per heavy atom. The van der Waals surface area contributed by atoms with Crippen molar-refractivity contribution in [3.63, 3.8) is 0 Å². The Kier molecular flexibility index (Phi) is 2.29. The van der Waals surface area contributed by atoms with E-state index < -0.39 is 5.91 Å². The number of amides is 3. The van der Waals surface area contributed by atoms with Crippen molar-refractivity contribution in [1.29, 1.82) is 0 Å². The summed E-state index contributed by atoms with van der Waals surface area (Å²) >= 11 is 0. The van der Waals surface area contributed by atoms with Gasteiger partial charge in [-0.2, -0.15) is 0 Å². The molecule has 1 aliphatic rings. The summed E-state index contributed by atoms with van der Waals surface area (Å²) in [6.45, 7) is 1.30. The molecule has 0 aliphatic carbocycles. The van der Waals surface area contributed by atoms with E-state index in [1.54, 1.807) is 29.2 Å². The molecular weight excluding hydrogens is 194 g/mol. The maximum Gasteiger partial charge on any atom is 0.321 e. The van der Waals surface area contributed by atoms with Gasteiger partial charge in [0.05, 0.1) is 0 Å². The molecule has 3 N–H and O–H groups in total. The number of nitrogens with zero attached hydrogens (tertiary/aromatic N) is 1. The van der Waals surface area contributed by atoms with Crippen molar-refractivity contribution >= 4 is 17.6 Å². The molecule has 0 atom stereocenters. The topological polar surface area (TPSA) is 75.4 Å². The molecule has 3 amide bonds. The Labute approximate surface area is 86.9 Å². The zero-order chi connectivity index (χ0) is 10.8. The third kappa shape index (κ3) is 1.76. The van der Waals surface area contributed by atoms with Crippen molar-refractivity contribution in [1.82, 2.24) is 5.32 Å². The van der Waals surface area contributed by atoms with Crippen LogP contribution >= 0.6 is 0 Å². The summed E-state index contributed by atoms with van der Waals surface area (Å²) in [6, 6.07) is 6.55. The average Bonchev–Trinajstić information content (AvgIpc) is 2.65. The fraction of sp³-hybridized carbons (Fsp3) is 0.200. The molecular formula is C10H11N3O2. The zero-order valence-electron chi connectivity index (χ0n) is 8.06. The van der Waals surface area contributed by atoms with Gasteiger partial charge in [0.2, 0.25) is 5.91 Å². The van der Waals surface area contributed by atoms with Crippen LogP contribution in [-0.4, -0.2) is 25.0 Å².